The third kappa shape index (κ3) is 5.44. The van der Waals surface area contributed by atoms with Crippen LogP contribution < -0.4 is 15.1 Å². The average Bonchev–Trinajstić information content (AvgIpc) is 2.79. The van der Waals surface area contributed by atoms with Crippen LogP contribution in [-0.2, 0) is 4.74 Å². The number of fused-ring (bicyclic) bond motifs is 1. The van der Waals surface area contributed by atoms with Gasteiger partial charge in [-0.25, -0.2) is 0 Å². The summed E-state index contributed by atoms with van der Waals surface area (Å²) in [4.78, 5) is 15.3. The Labute approximate surface area is 180 Å². The standard InChI is InChI=1S/C22H26N6O3/c1-15(29)16(2)31-22-25-20(24-21(26-22)28-9-11-30-12-10-28)14-23-27-19-8-7-17-5-3-4-6-18(17)13-19/h3-8,13-16,27,29H,9-12H2,1-2H3. The van der Waals surface area contributed by atoms with E-state index in [1.165, 1.54) is 11.6 Å². The molecule has 162 valence electrons. The fraction of sp³-hybridized carbons (Fsp3) is 0.364. The summed E-state index contributed by atoms with van der Waals surface area (Å²) in [5.41, 5.74) is 3.88. The van der Waals surface area contributed by atoms with Gasteiger partial charge in [0.05, 0.1) is 31.2 Å². The second-order valence-electron chi connectivity index (χ2n) is 7.37. The van der Waals surface area contributed by atoms with Gasteiger partial charge in [-0.3, -0.25) is 5.43 Å². The van der Waals surface area contributed by atoms with Gasteiger partial charge >= 0.3 is 6.01 Å². The molecule has 1 aliphatic rings. The van der Waals surface area contributed by atoms with E-state index >= 15 is 0 Å². The molecular formula is C22H26N6O3. The highest BCUT2D eigenvalue weighted by molar-refractivity contribution is 5.86. The van der Waals surface area contributed by atoms with Crippen LogP contribution >= 0.6 is 0 Å². The molecule has 0 saturated carbocycles. The molecule has 2 atom stereocenters. The van der Waals surface area contributed by atoms with Gasteiger partial charge in [0.2, 0.25) is 5.95 Å². The number of nitrogens with zero attached hydrogens (tertiary/aromatic N) is 5. The molecule has 0 aliphatic carbocycles. The molecule has 31 heavy (non-hydrogen) atoms. The lowest BCUT2D eigenvalue weighted by atomic mass is 10.1. The number of rotatable bonds is 7. The van der Waals surface area contributed by atoms with Crippen LogP contribution in [0.2, 0.25) is 0 Å². The lowest BCUT2D eigenvalue weighted by Gasteiger charge is -2.27. The third-order valence-corrected chi connectivity index (χ3v) is 5.01. The Morgan fingerprint density at radius 3 is 2.65 bits per heavy atom. The van der Waals surface area contributed by atoms with Crippen molar-refractivity contribution in [2.24, 2.45) is 5.10 Å². The minimum atomic E-state index is -0.657. The Balaban J connectivity index is 1.54. The second kappa shape index (κ2) is 9.67. The first kappa shape index (κ1) is 21.0. The molecule has 0 amide bonds. The van der Waals surface area contributed by atoms with Crippen LogP contribution in [0.4, 0.5) is 11.6 Å². The first-order valence-corrected chi connectivity index (χ1v) is 10.3. The van der Waals surface area contributed by atoms with Crippen molar-refractivity contribution >= 4 is 28.6 Å². The van der Waals surface area contributed by atoms with Crippen LogP contribution in [0.15, 0.2) is 47.6 Å². The summed E-state index contributed by atoms with van der Waals surface area (Å²) in [6, 6.07) is 14.3. The number of morpholine rings is 1. The zero-order chi connectivity index (χ0) is 21.6. The molecule has 1 aliphatic heterocycles. The minimum Gasteiger partial charge on any atom is -0.458 e. The number of aliphatic hydroxyl groups excluding tert-OH is 1. The predicted octanol–water partition coefficient (Wildman–Crippen LogP) is 2.46. The van der Waals surface area contributed by atoms with Crippen molar-refractivity contribution in [1.29, 1.82) is 0 Å². The van der Waals surface area contributed by atoms with Crippen LogP contribution in [0.5, 0.6) is 6.01 Å². The molecule has 2 aromatic carbocycles. The average molecular weight is 422 g/mol. The number of hydrazone groups is 1. The summed E-state index contributed by atoms with van der Waals surface area (Å²) < 4.78 is 11.1. The molecule has 2 heterocycles. The predicted molar refractivity (Wildman–Crippen MR) is 120 cm³/mol. The summed E-state index contributed by atoms with van der Waals surface area (Å²) in [5, 5.41) is 16.3. The van der Waals surface area contributed by atoms with Gasteiger partial charge in [-0.2, -0.15) is 20.1 Å². The number of hydrogen-bond donors (Lipinski definition) is 2. The Kier molecular flexibility index (Phi) is 6.54. The molecule has 9 nitrogen and oxygen atoms in total. The first-order chi connectivity index (χ1) is 15.1. The second-order valence-corrected chi connectivity index (χ2v) is 7.37. The number of anilines is 2. The van der Waals surface area contributed by atoms with Crippen molar-refractivity contribution in [2.75, 3.05) is 36.6 Å². The molecule has 0 bridgehead atoms. The van der Waals surface area contributed by atoms with Crippen molar-refractivity contribution in [3.8, 4) is 6.01 Å². The van der Waals surface area contributed by atoms with Gasteiger partial charge in [0.1, 0.15) is 6.10 Å². The SMILES string of the molecule is CC(O)C(C)Oc1nc(C=NNc2ccc3ccccc3c2)nc(N2CCOCC2)n1. The maximum Gasteiger partial charge on any atom is 0.322 e. The van der Waals surface area contributed by atoms with E-state index in [-0.39, 0.29) is 6.01 Å². The van der Waals surface area contributed by atoms with E-state index in [0.717, 1.165) is 11.1 Å². The van der Waals surface area contributed by atoms with Crippen LogP contribution in [0.3, 0.4) is 0 Å². The number of aliphatic hydroxyl groups is 1. The molecule has 1 aromatic heterocycles. The van der Waals surface area contributed by atoms with E-state index in [0.29, 0.717) is 38.1 Å². The lowest BCUT2D eigenvalue weighted by Crippen LogP contribution is -2.37. The molecule has 1 fully saturated rings. The molecule has 2 N–H and O–H groups in total. The van der Waals surface area contributed by atoms with Gasteiger partial charge in [0, 0.05) is 13.1 Å². The summed E-state index contributed by atoms with van der Waals surface area (Å²) in [5.74, 6) is 0.857. The highest BCUT2D eigenvalue weighted by Crippen LogP contribution is 2.19. The fourth-order valence-corrected chi connectivity index (χ4v) is 3.06. The Morgan fingerprint density at radius 1 is 1.10 bits per heavy atom. The van der Waals surface area contributed by atoms with Gasteiger partial charge in [-0.1, -0.05) is 30.3 Å². The lowest BCUT2D eigenvalue weighted by molar-refractivity contribution is 0.0539. The van der Waals surface area contributed by atoms with E-state index in [2.05, 4.69) is 37.6 Å². The Morgan fingerprint density at radius 2 is 1.87 bits per heavy atom. The summed E-state index contributed by atoms with van der Waals surface area (Å²) in [6.07, 6.45) is 0.413. The summed E-state index contributed by atoms with van der Waals surface area (Å²) in [6.45, 7) is 6.00. The third-order valence-electron chi connectivity index (χ3n) is 5.01. The summed E-state index contributed by atoms with van der Waals surface area (Å²) in [7, 11) is 0. The Hall–Kier alpha value is -3.30. The van der Waals surface area contributed by atoms with Crippen molar-refractivity contribution in [2.45, 2.75) is 26.1 Å². The van der Waals surface area contributed by atoms with Crippen molar-refractivity contribution < 1.29 is 14.6 Å². The number of benzene rings is 2. The highest BCUT2D eigenvalue weighted by Gasteiger charge is 2.19. The smallest absolute Gasteiger partial charge is 0.322 e. The van der Waals surface area contributed by atoms with E-state index in [1.54, 1.807) is 13.8 Å². The van der Waals surface area contributed by atoms with Crippen LogP contribution in [0.1, 0.15) is 19.7 Å². The summed E-state index contributed by atoms with van der Waals surface area (Å²) >= 11 is 0. The zero-order valence-corrected chi connectivity index (χ0v) is 17.6. The molecule has 2 unspecified atom stereocenters. The van der Waals surface area contributed by atoms with E-state index in [1.807, 2.05) is 35.2 Å². The van der Waals surface area contributed by atoms with Gasteiger partial charge < -0.3 is 19.5 Å². The van der Waals surface area contributed by atoms with Crippen LogP contribution in [0.25, 0.3) is 10.8 Å². The molecule has 0 spiro atoms. The molecular weight excluding hydrogens is 396 g/mol. The van der Waals surface area contributed by atoms with Crippen LogP contribution in [-0.4, -0.2) is 64.8 Å². The molecule has 9 heteroatoms. The number of aromatic nitrogens is 3. The zero-order valence-electron chi connectivity index (χ0n) is 17.6. The highest BCUT2D eigenvalue weighted by atomic mass is 16.5. The van der Waals surface area contributed by atoms with Crippen LogP contribution in [0, 0.1) is 0 Å². The topological polar surface area (TPSA) is 105 Å². The normalized spacial score (nSPS) is 16.4. The first-order valence-electron chi connectivity index (χ1n) is 10.3. The molecule has 4 rings (SSSR count). The van der Waals surface area contributed by atoms with Crippen molar-refractivity contribution in [1.82, 2.24) is 15.0 Å². The van der Waals surface area contributed by atoms with E-state index < -0.39 is 12.2 Å². The maximum absolute atomic E-state index is 9.75. The number of nitrogens with one attached hydrogen (secondary N) is 1. The maximum atomic E-state index is 9.75. The van der Waals surface area contributed by atoms with E-state index in [4.69, 9.17) is 9.47 Å². The monoisotopic (exact) mass is 422 g/mol. The molecule has 1 saturated heterocycles. The number of ether oxygens (including phenoxy) is 2. The molecule has 0 radical (unpaired) electrons. The quantitative estimate of drug-likeness (QED) is 0.442. The number of hydrogen-bond acceptors (Lipinski definition) is 9. The van der Waals surface area contributed by atoms with E-state index in [9.17, 15) is 5.11 Å². The fourth-order valence-electron chi connectivity index (χ4n) is 3.06. The van der Waals surface area contributed by atoms with Crippen molar-refractivity contribution in [3.63, 3.8) is 0 Å². The van der Waals surface area contributed by atoms with Gasteiger partial charge in [0.15, 0.2) is 5.82 Å². The largest absolute Gasteiger partial charge is 0.458 e. The molecule has 3 aromatic rings. The van der Waals surface area contributed by atoms with Gasteiger partial charge in [-0.05, 0) is 36.8 Å². The Bertz CT molecular complexity index is 1050. The van der Waals surface area contributed by atoms with Gasteiger partial charge in [-0.15, -0.1) is 0 Å². The van der Waals surface area contributed by atoms with Gasteiger partial charge in [0.25, 0.3) is 0 Å². The minimum absolute atomic E-state index is 0.150. The van der Waals surface area contributed by atoms with Crippen molar-refractivity contribution in [3.05, 3.63) is 48.3 Å².